The number of aromatic nitrogens is 2. The number of phenolic OH excluding ortho intramolecular Hbond substituents is 1. The highest BCUT2D eigenvalue weighted by Gasteiger charge is 2.15. The van der Waals surface area contributed by atoms with Gasteiger partial charge >= 0.3 is 5.63 Å². The fourth-order valence-electron chi connectivity index (χ4n) is 2.21. The first-order valence-electron chi connectivity index (χ1n) is 5.84. The minimum atomic E-state index is -0.415. The number of hydrogen-bond donors (Lipinski definition) is 2. The number of nitrogens with one attached hydrogen (secondary N) is 1. The molecular weight excluding hydrogens is 244 g/mol. The Morgan fingerprint density at radius 2 is 2.11 bits per heavy atom. The Hall–Kier alpha value is -2.56. The minimum Gasteiger partial charge on any atom is -0.507 e. The zero-order valence-corrected chi connectivity index (χ0v) is 10.5. The van der Waals surface area contributed by atoms with Gasteiger partial charge in [0.05, 0.1) is 5.69 Å². The Balaban J connectivity index is 2.45. The number of benzene rings is 1. The van der Waals surface area contributed by atoms with Gasteiger partial charge in [-0.15, -0.1) is 0 Å². The summed E-state index contributed by atoms with van der Waals surface area (Å²) in [7, 11) is 0. The molecule has 0 bridgehead atoms. The Morgan fingerprint density at radius 3 is 2.79 bits per heavy atom. The smallest absolute Gasteiger partial charge is 0.336 e. The maximum Gasteiger partial charge on any atom is 0.336 e. The fourth-order valence-corrected chi connectivity index (χ4v) is 2.21. The summed E-state index contributed by atoms with van der Waals surface area (Å²) < 4.78 is 5.19. The van der Waals surface area contributed by atoms with E-state index in [0.29, 0.717) is 22.4 Å². The number of hydrogen-bond acceptors (Lipinski definition) is 4. The van der Waals surface area contributed by atoms with E-state index in [1.54, 1.807) is 25.3 Å². The number of fused-ring (bicyclic) bond motifs is 1. The normalized spacial score (nSPS) is 11.1. The molecule has 96 valence electrons. The molecule has 0 aliphatic rings. The topological polar surface area (TPSA) is 79.1 Å². The van der Waals surface area contributed by atoms with E-state index >= 15 is 0 Å². The predicted octanol–water partition coefficient (Wildman–Crippen LogP) is 2.51. The Labute approximate surface area is 108 Å². The second-order valence-electron chi connectivity index (χ2n) is 4.49. The molecule has 0 spiro atoms. The number of aromatic hydroxyl groups is 1. The lowest BCUT2D eigenvalue weighted by atomic mass is 10.0. The van der Waals surface area contributed by atoms with Crippen LogP contribution in [0.25, 0.3) is 22.2 Å². The monoisotopic (exact) mass is 256 g/mol. The van der Waals surface area contributed by atoms with Gasteiger partial charge in [-0.2, -0.15) is 5.10 Å². The van der Waals surface area contributed by atoms with E-state index in [4.69, 9.17) is 4.42 Å². The first-order chi connectivity index (χ1) is 9.08. The summed E-state index contributed by atoms with van der Waals surface area (Å²) in [6.07, 6.45) is 1.62. The van der Waals surface area contributed by atoms with Crippen LogP contribution < -0.4 is 5.63 Å². The minimum absolute atomic E-state index is 0.0884. The Morgan fingerprint density at radius 1 is 1.32 bits per heavy atom. The first kappa shape index (κ1) is 11.5. The van der Waals surface area contributed by atoms with Gasteiger partial charge in [-0.3, -0.25) is 5.10 Å². The van der Waals surface area contributed by atoms with Crippen LogP contribution in [0.1, 0.15) is 11.1 Å². The highest BCUT2D eigenvalue weighted by molar-refractivity contribution is 5.91. The average Bonchev–Trinajstić information content (AvgIpc) is 2.88. The molecule has 0 radical (unpaired) electrons. The van der Waals surface area contributed by atoms with E-state index in [9.17, 15) is 9.90 Å². The zero-order valence-electron chi connectivity index (χ0n) is 10.5. The molecule has 0 aliphatic heterocycles. The van der Waals surface area contributed by atoms with Crippen molar-refractivity contribution in [2.24, 2.45) is 0 Å². The van der Waals surface area contributed by atoms with Crippen LogP contribution in [0.4, 0.5) is 0 Å². The van der Waals surface area contributed by atoms with E-state index in [-0.39, 0.29) is 5.75 Å². The van der Waals surface area contributed by atoms with Crippen LogP contribution >= 0.6 is 0 Å². The quantitative estimate of drug-likeness (QED) is 0.656. The zero-order chi connectivity index (χ0) is 13.6. The molecule has 2 N–H and O–H groups in total. The number of phenols is 1. The van der Waals surface area contributed by atoms with Gasteiger partial charge in [-0.1, -0.05) is 0 Å². The van der Waals surface area contributed by atoms with Crippen LogP contribution in [0.3, 0.4) is 0 Å². The number of aromatic amines is 1. The maximum absolute atomic E-state index is 11.4. The van der Waals surface area contributed by atoms with Crippen LogP contribution in [0.5, 0.6) is 5.75 Å². The third-order valence-corrected chi connectivity index (χ3v) is 3.24. The van der Waals surface area contributed by atoms with Gasteiger partial charge in [0, 0.05) is 28.8 Å². The van der Waals surface area contributed by atoms with Gasteiger partial charge in [0.25, 0.3) is 0 Å². The molecule has 0 saturated heterocycles. The second kappa shape index (κ2) is 3.98. The van der Waals surface area contributed by atoms with Crippen molar-refractivity contribution in [2.45, 2.75) is 13.8 Å². The summed E-state index contributed by atoms with van der Waals surface area (Å²) in [5.74, 6) is 0.0884. The molecule has 3 rings (SSSR count). The fraction of sp³-hybridized carbons (Fsp3) is 0.143. The van der Waals surface area contributed by atoms with Gasteiger partial charge in [-0.05, 0) is 31.5 Å². The third-order valence-electron chi connectivity index (χ3n) is 3.24. The molecule has 3 aromatic rings. The summed E-state index contributed by atoms with van der Waals surface area (Å²) in [4.78, 5) is 11.4. The maximum atomic E-state index is 11.4. The molecular formula is C14H12N2O3. The summed E-state index contributed by atoms with van der Waals surface area (Å²) in [5, 5.41) is 17.7. The molecule has 0 fully saturated rings. The van der Waals surface area contributed by atoms with Gasteiger partial charge < -0.3 is 9.52 Å². The van der Waals surface area contributed by atoms with Gasteiger partial charge in [-0.25, -0.2) is 4.79 Å². The number of rotatable bonds is 1. The van der Waals surface area contributed by atoms with Crippen molar-refractivity contribution in [1.29, 1.82) is 0 Å². The summed E-state index contributed by atoms with van der Waals surface area (Å²) in [6, 6.07) is 5.01. The molecule has 1 aromatic carbocycles. The molecule has 5 heteroatoms. The largest absolute Gasteiger partial charge is 0.507 e. The molecule has 0 aliphatic carbocycles. The van der Waals surface area contributed by atoms with E-state index in [1.165, 1.54) is 6.07 Å². The lowest BCUT2D eigenvalue weighted by molar-refractivity contribution is 0.470. The molecule has 2 aromatic heterocycles. The van der Waals surface area contributed by atoms with Crippen LogP contribution in [0.15, 0.2) is 33.6 Å². The lowest BCUT2D eigenvalue weighted by Crippen LogP contribution is -1.99. The average molecular weight is 256 g/mol. The van der Waals surface area contributed by atoms with E-state index in [2.05, 4.69) is 10.2 Å². The molecule has 0 amide bonds. The molecule has 0 unspecified atom stereocenters. The predicted molar refractivity (Wildman–Crippen MR) is 71.2 cm³/mol. The van der Waals surface area contributed by atoms with Crippen molar-refractivity contribution in [3.05, 3.63) is 45.9 Å². The third kappa shape index (κ3) is 1.71. The lowest BCUT2D eigenvalue weighted by Gasteiger charge is -2.10. The first-order valence-corrected chi connectivity index (χ1v) is 5.84. The van der Waals surface area contributed by atoms with Gasteiger partial charge in [0.1, 0.15) is 11.3 Å². The van der Waals surface area contributed by atoms with Crippen LogP contribution in [-0.4, -0.2) is 15.3 Å². The summed E-state index contributed by atoms with van der Waals surface area (Å²) in [5.41, 5.74) is 2.72. The second-order valence-corrected chi connectivity index (χ2v) is 4.49. The van der Waals surface area contributed by atoms with Crippen molar-refractivity contribution < 1.29 is 9.52 Å². The van der Waals surface area contributed by atoms with Crippen LogP contribution in [0, 0.1) is 13.8 Å². The highest BCUT2D eigenvalue weighted by atomic mass is 16.4. The Bertz CT molecular complexity index is 817. The van der Waals surface area contributed by atoms with E-state index in [1.807, 2.05) is 6.92 Å². The molecule has 0 atom stereocenters. The number of aryl methyl sites for hydroxylation is 2. The van der Waals surface area contributed by atoms with Crippen LogP contribution in [0.2, 0.25) is 0 Å². The SMILES string of the molecule is Cc1cc(=O)oc2c(C)c(O)c(-c3ccn[nH]3)cc12. The van der Waals surface area contributed by atoms with Gasteiger partial charge in [0.15, 0.2) is 0 Å². The molecule has 5 nitrogen and oxygen atoms in total. The number of H-pyrrole nitrogens is 1. The van der Waals surface area contributed by atoms with Gasteiger partial charge in [0.2, 0.25) is 0 Å². The molecule has 2 heterocycles. The number of nitrogens with zero attached hydrogens (tertiary/aromatic N) is 1. The van der Waals surface area contributed by atoms with Crippen LogP contribution in [-0.2, 0) is 0 Å². The van der Waals surface area contributed by atoms with Crippen molar-refractivity contribution >= 4 is 11.0 Å². The highest BCUT2D eigenvalue weighted by Crippen LogP contribution is 2.36. The van der Waals surface area contributed by atoms with Crippen molar-refractivity contribution in [3.63, 3.8) is 0 Å². The van der Waals surface area contributed by atoms with Crippen molar-refractivity contribution in [2.75, 3.05) is 0 Å². The summed E-state index contributed by atoms with van der Waals surface area (Å²) >= 11 is 0. The summed E-state index contributed by atoms with van der Waals surface area (Å²) in [6.45, 7) is 3.56. The molecule has 19 heavy (non-hydrogen) atoms. The van der Waals surface area contributed by atoms with E-state index in [0.717, 1.165) is 10.9 Å². The standard InChI is InChI=1S/C14H12N2O3/c1-7-5-12(17)19-14-8(2)13(18)10(6-9(7)14)11-3-4-15-16-11/h3-6,18H,1-2H3,(H,15,16). The Kier molecular flexibility index (Phi) is 2.41. The van der Waals surface area contributed by atoms with E-state index < -0.39 is 5.63 Å². The van der Waals surface area contributed by atoms with Crippen molar-refractivity contribution in [3.8, 4) is 17.0 Å². The molecule has 0 saturated carbocycles. The van der Waals surface area contributed by atoms with Crippen molar-refractivity contribution in [1.82, 2.24) is 10.2 Å².